The number of alkyl halides is 3. The quantitative estimate of drug-likeness (QED) is 0.576. The molecule has 0 saturated carbocycles. The summed E-state index contributed by atoms with van der Waals surface area (Å²) in [6, 6.07) is 0. The highest BCUT2D eigenvalue weighted by molar-refractivity contribution is 9.09. The van der Waals surface area contributed by atoms with E-state index in [0.29, 0.717) is 12.3 Å². The normalized spacial score (nSPS) is 14.6. The average molecular weight is 294 g/mol. The van der Waals surface area contributed by atoms with E-state index in [1.807, 2.05) is 11.6 Å². The Kier molecular flexibility index (Phi) is 6.80. The third-order valence-electron chi connectivity index (χ3n) is 1.67. The van der Waals surface area contributed by atoms with Crippen LogP contribution in [0.15, 0.2) is 0 Å². The van der Waals surface area contributed by atoms with Gasteiger partial charge in [-0.25, -0.2) is 13.1 Å². The molecule has 1 unspecified atom stereocenters. The van der Waals surface area contributed by atoms with Crippen molar-refractivity contribution in [3.63, 3.8) is 0 Å². The first kappa shape index (κ1) is 14.2. The van der Waals surface area contributed by atoms with Gasteiger partial charge in [0.05, 0.1) is 0 Å². The molecule has 14 heavy (non-hydrogen) atoms. The molecule has 0 amide bonds. The van der Waals surface area contributed by atoms with Crippen LogP contribution in [0.2, 0.25) is 0 Å². The maximum Gasteiger partial charge on any atom is 0.350 e. The zero-order chi connectivity index (χ0) is 11.2. The van der Waals surface area contributed by atoms with Crippen LogP contribution in [0.5, 0.6) is 0 Å². The summed E-state index contributed by atoms with van der Waals surface area (Å²) in [5, 5.41) is 0.828. The fourth-order valence-corrected chi connectivity index (χ4v) is 1.68. The number of hydrogen-bond acceptors (Lipinski definition) is 2. The van der Waals surface area contributed by atoms with Crippen LogP contribution in [-0.2, 0) is 10.0 Å². The number of hydrogen-bond donors (Lipinski definition) is 1. The van der Waals surface area contributed by atoms with Crippen molar-refractivity contribution in [1.82, 2.24) is 4.72 Å². The highest BCUT2D eigenvalue weighted by Gasteiger charge is 2.22. The Balaban J connectivity index is 3.65. The lowest BCUT2D eigenvalue weighted by molar-refractivity contribution is 0.232. The largest absolute Gasteiger partial charge is 0.350 e. The summed E-state index contributed by atoms with van der Waals surface area (Å²) >= 11 is 3.27. The number of halogens is 3. The van der Waals surface area contributed by atoms with E-state index in [4.69, 9.17) is 0 Å². The van der Waals surface area contributed by atoms with Crippen molar-refractivity contribution in [2.24, 2.45) is 5.92 Å². The molecule has 0 aliphatic heterocycles. The lowest BCUT2D eigenvalue weighted by Crippen LogP contribution is -2.30. The van der Waals surface area contributed by atoms with Crippen LogP contribution in [0, 0.1) is 5.92 Å². The van der Waals surface area contributed by atoms with Gasteiger partial charge in [-0.2, -0.15) is 8.78 Å². The molecule has 1 atom stereocenters. The fraction of sp³-hybridized carbons (Fsp3) is 1.00. The van der Waals surface area contributed by atoms with Crippen molar-refractivity contribution in [3.05, 3.63) is 0 Å². The summed E-state index contributed by atoms with van der Waals surface area (Å²) < 4.78 is 46.6. The maximum absolute atomic E-state index is 11.8. The molecule has 0 spiro atoms. The van der Waals surface area contributed by atoms with Gasteiger partial charge in [-0.1, -0.05) is 22.9 Å². The van der Waals surface area contributed by atoms with Crippen molar-refractivity contribution in [1.29, 1.82) is 0 Å². The molecule has 0 heterocycles. The Morgan fingerprint density at radius 3 is 2.43 bits per heavy atom. The van der Waals surface area contributed by atoms with Crippen LogP contribution in [0.4, 0.5) is 8.78 Å². The SMILES string of the molecule is CC(CBr)CCCNS(=O)(=O)C(F)F. The monoisotopic (exact) mass is 293 g/mol. The van der Waals surface area contributed by atoms with Gasteiger partial charge in [-0.05, 0) is 18.8 Å². The van der Waals surface area contributed by atoms with Crippen molar-refractivity contribution < 1.29 is 17.2 Å². The van der Waals surface area contributed by atoms with Gasteiger partial charge in [0, 0.05) is 11.9 Å². The van der Waals surface area contributed by atoms with Crippen molar-refractivity contribution >= 4 is 26.0 Å². The first-order valence-electron chi connectivity index (χ1n) is 4.22. The highest BCUT2D eigenvalue weighted by Crippen LogP contribution is 2.08. The smallest absolute Gasteiger partial charge is 0.210 e. The Morgan fingerprint density at radius 2 is 2.00 bits per heavy atom. The average Bonchev–Trinajstić information content (AvgIpc) is 2.11. The molecular formula is C7H14BrF2NO2S. The molecule has 0 aromatic rings. The number of nitrogens with one attached hydrogen (secondary N) is 1. The summed E-state index contributed by atoms with van der Waals surface area (Å²) in [5.74, 6) is -2.91. The summed E-state index contributed by atoms with van der Waals surface area (Å²) in [6.45, 7) is 2.07. The second kappa shape index (κ2) is 6.68. The standard InChI is InChI=1S/C7H14BrF2NO2S/c1-6(5-8)3-2-4-11-14(12,13)7(9)10/h6-7,11H,2-5H2,1H3. The minimum Gasteiger partial charge on any atom is -0.210 e. The van der Waals surface area contributed by atoms with Gasteiger partial charge in [0.2, 0.25) is 0 Å². The lowest BCUT2D eigenvalue weighted by Gasteiger charge is -2.08. The molecule has 0 rings (SSSR count). The van der Waals surface area contributed by atoms with Gasteiger partial charge in [0.15, 0.2) is 0 Å². The topological polar surface area (TPSA) is 46.2 Å². The molecule has 3 nitrogen and oxygen atoms in total. The van der Waals surface area contributed by atoms with Crippen molar-refractivity contribution in [2.45, 2.75) is 25.5 Å². The summed E-state index contributed by atoms with van der Waals surface area (Å²) in [4.78, 5) is 0. The van der Waals surface area contributed by atoms with Gasteiger partial charge in [-0.3, -0.25) is 0 Å². The molecule has 0 aliphatic rings. The molecule has 0 aromatic carbocycles. The van der Waals surface area contributed by atoms with Gasteiger partial charge in [0.25, 0.3) is 10.0 Å². The maximum atomic E-state index is 11.8. The molecule has 0 radical (unpaired) electrons. The second-order valence-corrected chi connectivity index (χ2v) is 5.48. The zero-order valence-corrected chi connectivity index (χ0v) is 10.2. The molecule has 0 aromatic heterocycles. The molecule has 0 aliphatic carbocycles. The van der Waals surface area contributed by atoms with E-state index in [1.165, 1.54) is 0 Å². The first-order chi connectivity index (χ1) is 6.40. The van der Waals surface area contributed by atoms with E-state index in [2.05, 4.69) is 15.9 Å². The van der Waals surface area contributed by atoms with Crippen molar-refractivity contribution in [2.75, 3.05) is 11.9 Å². The van der Waals surface area contributed by atoms with E-state index in [0.717, 1.165) is 11.8 Å². The predicted octanol–water partition coefficient (Wildman–Crippen LogP) is 1.94. The second-order valence-electron chi connectivity index (χ2n) is 3.10. The van der Waals surface area contributed by atoms with Gasteiger partial charge >= 0.3 is 5.76 Å². The van der Waals surface area contributed by atoms with Gasteiger partial charge in [-0.15, -0.1) is 0 Å². The minimum atomic E-state index is -4.40. The molecule has 86 valence electrons. The van der Waals surface area contributed by atoms with E-state index in [1.54, 1.807) is 0 Å². The van der Waals surface area contributed by atoms with Crippen LogP contribution < -0.4 is 4.72 Å². The Morgan fingerprint density at radius 1 is 1.43 bits per heavy atom. The third kappa shape index (κ3) is 5.87. The Bertz CT molecular complexity index is 246. The fourth-order valence-electron chi connectivity index (χ4n) is 0.805. The third-order valence-corrected chi connectivity index (χ3v) is 3.86. The van der Waals surface area contributed by atoms with Crippen LogP contribution >= 0.6 is 15.9 Å². The highest BCUT2D eigenvalue weighted by atomic mass is 79.9. The molecule has 7 heteroatoms. The van der Waals surface area contributed by atoms with E-state index >= 15 is 0 Å². The first-order valence-corrected chi connectivity index (χ1v) is 6.89. The molecule has 0 saturated heterocycles. The molecular weight excluding hydrogens is 280 g/mol. The minimum absolute atomic E-state index is 0.0734. The predicted molar refractivity (Wildman–Crippen MR) is 55.1 cm³/mol. The summed E-state index contributed by atoms with van der Waals surface area (Å²) in [6.07, 6.45) is 1.37. The number of rotatable bonds is 7. The summed E-state index contributed by atoms with van der Waals surface area (Å²) in [5.41, 5.74) is 0. The van der Waals surface area contributed by atoms with Crippen LogP contribution in [0.25, 0.3) is 0 Å². The van der Waals surface area contributed by atoms with Crippen LogP contribution in [0.1, 0.15) is 19.8 Å². The lowest BCUT2D eigenvalue weighted by atomic mass is 10.1. The molecule has 0 bridgehead atoms. The molecule has 1 N–H and O–H groups in total. The molecule has 0 fully saturated rings. The van der Waals surface area contributed by atoms with Crippen LogP contribution in [0.3, 0.4) is 0 Å². The van der Waals surface area contributed by atoms with Crippen molar-refractivity contribution in [3.8, 4) is 0 Å². The van der Waals surface area contributed by atoms with E-state index in [-0.39, 0.29) is 6.54 Å². The summed E-state index contributed by atoms with van der Waals surface area (Å²) in [7, 11) is -4.40. The van der Waals surface area contributed by atoms with Crippen LogP contribution in [-0.4, -0.2) is 26.1 Å². The zero-order valence-electron chi connectivity index (χ0n) is 7.84. The number of sulfonamides is 1. The van der Waals surface area contributed by atoms with Gasteiger partial charge in [0.1, 0.15) is 0 Å². The van der Waals surface area contributed by atoms with E-state index < -0.39 is 15.8 Å². The van der Waals surface area contributed by atoms with Gasteiger partial charge < -0.3 is 0 Å². The van der Waals surface area contributed by atoms with E-state index in [9.17, 15) is 17.2 Å². The Hall–Kier alpha value is 0.250. The Labute approximate surface area is 91.4 Å².